The summed E-state index contributed by atoms with van der Waals surface area (Å²) in [7, 11) is 1.99. The Kier molecular flexibility index (Phi) is 8.33. The molecule has 0 fully saturated rings. The Morgan fingerprint density at radius 1 is 1.30 bits per heavy atom. The van der Waals surface area contributed by atoms with Crippen molar-refractivity contribution in [3.63, 3.8) is 0 Å². The monoisotopic (exact) mass is 453 g/mol. The fourth-order valence-electron chi connectivity index (χ4n) is 3.67. The first-order chi connectivity index (χ1) is 15.8. The molecule has 3 rings (SSSR count). The third-order valence-corrected chi connectivity index (χ3v) is 5.50. The minimum atomic E-state index is -0.791. The number of hydrogen-bond acceptors (Lipinski definition) is 8. The SMILES string of the molecule is C[C@H](CO)N1C[C@H](C)[C@@H](CN(C)Cc2cncnc2)Oc2ncc(C#C[C@@H](C)O)cc2C1=O. The van der Waals surface area contributed by atoms with Crippen LogP contribution >= 0.6 is 0 Å². The molecule has 9 nitrogen and oxygen atoms in total. The third kappa shape index (κ3) is 6.48. The van der Waals surface area contributed by atoms with Gasteiger partial charge in [0.15, 0.2) is 0 Å². The molecular formula is C24H31N5O4. The van der Waals surface area contributed by atoms with Crippen LogP contribution in [0.25, 0.3) is 0 Å². The highest BCUT2D eigenvalue weighted by Gasteiger charge is 2.34. The maximum atomic E-state index is 13.4. The van der Waals surface area contributed by atoms with Crippen LogP contribution < -0.4 is 4.74 Å². The van der Waals surface area contributed by atoms with Crippen molar-refractivity contribution in [1.82, 2.24) is 24.8 Å². The van der Waals surface area contributed by atoms with Gasteiger partial charge in [0.1, 0.15) is 24.1 Å². The molecule has 3 heterocycles. The minimum Gasteiger partial charge on any atom is -0.472 e. The molecule has 0 bridgehead atoms. The molecule has 0 aliphatic carbocycles. The second kappa shape index (κ2) is 11.2. The fraction of sp³-hybridized carbons (Fsp3) is 0.500. The number of nitrogens with zero attached hydrogens (tertiary/aromatic N) is 5. The summed E-state index contributed by atoms with van der Waals surface area (Å²) in [6.45, 7) is 6.93. The Bertz CT molecular complexity index is 1000. The number of pyridine rings is 1. The van der Waals surface area contributed by atoms with Gasteiger partial charge in [-0.15, -0.1) is 0 Å². The highest BCUT2D eigenvalue weighted by atomic mass is 16.5. The van der Waals surface area contributed by atoms with Gasteiger partial charge in [0.05, 0.1) is 12.6 Å². The maximum Gasteiger partial charge on any atom is 0.259 e. The van der Waals surface area contributed by atoms with Crippen molar-refractivity contribution in [2.24, 2.45) is 5.92 Å². The molecule has 0 spiro atoms. The van der Waals surface area contributed by atoms with Crippen LogP contribution in [0.4, 0.5) is 0 Å². The van der Waals surface area contributed by atoms with E-state index in [-0.39, 0.29) is 36.5 Å². The largest absolute Gasteiger partial charge is 0.472 e. The van der Waals surface area contributed by atoms with E-state index in [1.165, 1.54) is 12.5 Å². The van der Waals surface area contributed by atoms with Crippen LogP contribution in [0.2, 0.25) is 0 Å². The van der Waals surface area contributed by atoms with Crippen LogP contribution in [0.3, 0.4) is 0 Å². The molecule has 4 atom stereocenters. The van der Waals surface area contributed by atoms with Crippen LogP contribution in [0.15, 0.2) is 31.0 Å². The van der Waals surface area contributed by atoms with Crippen LogP contribution in [-0.4, -0.2) is 85.9 Å². The molecule has 0 unspecified atom stereocenters. The van der Waals surface area contributed by atoms with Gasteiger partial charge in [-0.3, -0.25) is 9.69 Å². The first-order valence-electron chi connectivity index (χ1n) is 11.0. The van der Waals surface area contributed by atoms with Crippen LogP contribution in [0, 0.1) is 17.8 Å². The molecule has 33 heavy (non-hydrogen) atoms. The number of aliphatic hydroxyl groups is 2. The standard InChI is InChI=1S/C24H31N5O4/c1-16-11-29(17(2)14-30)24(32)21-7-19(6-5-18(3)31)10-27-23(21)33-22(16)13-28(4)12-20-8-25-15-26-9-20/h7-10,15-18,22,30-31H,11-14H2,1-4H3/t16-,17+,18+,22+/m0/s1. The molecule has 0 aromatic carbocycles. The first-order valence-corrected chi connectivity index (χ1v) is 11.0. The highest BCUT2D eigenvalue weighted by molar-refractivity contribution is 5.97. The molecule has 1 amide bonds. The zero-order valence-electron chi connectivity index (χ0n) is 19.5. The normalized spacial score (nSPS) is 20.1. The van der Waals surface area contributed by atoms with Crippen molar-refractivity contribution >= 4 is 5.91 Å². The summed E-state index contributed by atoms with van der Waals surface area (Å²) in [6.07, 6.45) is 5.56. The lowest BCUT2D eigenvalue weighted by atomic mass is 9.99. The number of amides is 1. The number of aliphatic hydroxyl groups excluding tert-OH is 2. The molecule has 1 aliphatic heterocycles. The summed E-state index contributed by atoms with van der Waals surface area (Å²) in [4.78, 5) is 29.7. The predicted molar refractivity (Wildman–Crippen MR) is 122 cm³/mol. The van der Waals surface area contributed by atoms with E-state index in [4.69, 9.17) is 4.74 Å². The summed E-state index contributed by atoms with van der Waals surface area (Å²) in [5, 5.41) is 19.2. The number of aromatic nitrogens is 3. The number of rotatable bonds is 6. The Hall–Kier alpha value is -3.06. The van der Waals surface area contributed by atoms with E-state index in [0.29, 0.717) is 30.8 Å². The predicted octanol–water partition coefficient (Wildman–Crippen LogP) is 0.956. The summed E-state index contributed by atoms with van der Waals surface area (Å²) >= 11 is 0. The van der Waals surface area contributed by atoms with E-state index < -0.39 is 6.10 Å². The Balaban J connectivity index is 1.91. The summed E-state index contributed by atoms with van der Waals surface area (Å²) in [5.74, 6) is 5.46. The Labute approximate surface area is 194 Å². The van der Waals surface area contributed by atoms with Crippen molar-refractivity contribution in [1.29, 1.82) is 0 Å². The van der Waals surface area contributed by atoms with Gasteiger partial charge in [-0.25, -0.2) is 15.0 Å². The van der Waals surface area contributed by atoms with Gasteiger partial charge < -0.3 is 19.8 Å². The number of fused-ring (bicyclic) bond motifs is 1. The first kappa shape index (κ1) is 24.6. The van der Waals surface area contributed by atoms with Crippen LogP contribution in [0.5, 0.6) is 5.88 Å². The Morgan fingerprint density at radius 2 is 2.03 bits per heavy atom. The van der Waals surface area contributed by atoms with Gasteiger partial charge >= 0.3 is 0 Å². The minimum absolute atomic E-state index is 0.0120. The van der Waals surface area contributed by atoms with E-state index in [1.807, 2.05) is 20.9 Å². The Morgan fingerprint density at radius 3 is 2.70 bits per heavy atom. The summed E-state index contributed by atoms with van der Waals surface area (Å²) in [5.41, 5.74) is 1.79. The topological polar surface area (TPSA) is 112 Å². The van der Waals surface area contributed by atoms with Crippen LogP contribution in [0.1, 0.15) is 42.3 Å². The lowest BCUT2D eigenvalue weighted by Gasteiger charge is -2.37. The van der Waals surface area contributed by atoms with E-state index in [2.05, 4.69) is 31.7 Å². The molecule has 0 saturated carbocycles. The van der Waals surface area contributed by atoms with E-state index in [9.17, 15) is 15.0 Å². The number of carbonyl (C=O) groups excluding carboxylic acids is 1. The van der Waals surface area contributed by atoms with E-state index in [0.717, 1.165) is 5.56 Å². The van der Waals surface area contributed by atoms with Gasteiger partial charge in [0.25, 0.3) is 5.91 Å². The highest BCUT2D eigenvalue weighted by Crippen LogP contribution is 2.27. The summed E-state index contributed by atoms with van der Waals surface area (Å²) < 4.78 is 6.28. The number of hydrogen-bond donors (Lipinski definition) is 2. The van der Waals surface area contributed by atoms with Gasteiger partial charge in [0, 0.05) is 55.3 Å². The quantitative estimate of drug-likeness (QED) is 0.622. The lowest BCUT2D eigenvalue weighted by molar-refractivity contribution is 0.0325. The van der Waals surface area contributed by atoms with E-state index in [1.54, 1.807) is 30.3 Å². The van der Waals surface area contributed by atoms with Crippen molar-refractivity contribution in [2.75, 3.05) is 26.7 Å². The zero-order chi connectivity index (χ0) is 24.0. The van der Waals surface area contributed by atoms with E-state index >= 15 is 0 Å². The van der Waals surface area contributed by atoms with Gasteiger partial charge in [-0.2, -0.15) is 0 Å². The van der Waals surface area contributed by atoms with Gasteiger partial charge in [-0.05, 0) is 27.0 Å². The number of likely N-dealkylation sites (N-methyl/N-ethyl adjacent to an activating group) is 1. The number of carbonyl (C=O) groups is 1. The average molecular weight is 454 g/mol. The summed E-state index contributed by atoms with van der Waals surface area (Å²) in [6, 6.07) is 1.27. The molecule has 9 heteroatoms. The average Bonchev–Trinajstić information content (AvgIpc) is 2.80. The molecule has 2 N–H and O–H groups in total. The molecule has 176 valence electrons. The molecule has 0 radical (unpaired) electrons. The van der Waals surface area contributed by atoms with Crippen LogP contribution in [-0.2, 0) is 6.54 Å². The molecule has 0 saturated heterocycles. The zero-order valence-corrected chi connectivity index (χ0v) is 19.5. The van der Waals surface area contributed by atoms with Crippen molar-refractivity contribution < 1.29 is 19.7 Å². The second-order valence-corrected chi connectivity index (χ2v) is 8.59. The fourth-order valence-corrected chi connectivity index (χ4v) is 3.67. The van der Waals surface area contributed by atoms with Gasteiger partial charge in [-0.1, -0.05) is 18.8 Å². The molecular weight excluding hydrogens is 422 g/mol. The molecule has 2 aromatic heterocycles. The van der Waals surface area contributed by atoms with Crippen molar-refractivity contribution in [3.8, 4) is 17.7 Å². The maximum absolute atomic E-state index is 13.4. The third-order valence-electron chi connectivity index (χ3n) is 5.50. The smallest absolute Gasteiger partial charge is 0.259 e. The van der Waals surface area contributed by atoms with Crippen molar-refractivity contribution in [2.45, 2.75) is 45.6 Å². The second-order valence-electron chi connectivity index (χ2n) is 8.59. The van der Waals surface area contributed by atoms with Crippen molar-refractivity contribution in [3.05, 3.63) is 47.7 Å². The molecule has 2 aromatic rings. The molecule has 1 aliphatic rings. The number of ether oxygens (including phenoxy) is 1. The lowest BCUT2D eigenvalue weighted by Crippen LogP contribution is -2.49. The van der Waals surface area contributed by atoms with Gasteiger partial charge in [0.2, 0.25) is 5.88 Å².